The molecule has 2 aliphatic rings. The van der Waals surface area contributed by atoms with E-state index in [4.69, 9.17) is 0 Å². The second kappa shape index (κ2) is 13.7. The van der Waals surface area contributed by atoms with Crippen molar-refractivity contribution >= 4 is 24.8 Å². The van der Waals surface area contributed by atoms with Gasteiger partial charge in [-0.3, -0.25) is 6.38 Å². The molecule has 0 nitrogen and oxygen atoms in total. The van der Waals surface area contributed by atoms with Crippen LogP contribution in [0.3, 0.4) is 0 Å². The van der Waals surface area contributed by atoms with E-state index >= 15 is 0 Å². The van der Waals surface area contributed by atoms with Crippen LogP contribution in [0.1, 0.15) is 89.2 Å². The van der Waals surface area contributed by atoms with Gasteiger partial charge in [-0.15, -0.1) is 0 Å². The van der Waals surface area contributed by atoms with E-state index in [0.29, 0.717) is 0 Å². The molecular weight excluding hydrogens is 449 g/mol. The molecule has 0 atom stereocenters. The minimum Gasteiger partial charge on any atom is -0.352 e. The zero-order valence-corrected chi connectivity index (χ0v) is 19.9. The summed E-state index contributed by atoms with van der Waals surface area (Å²) >= 11 is 4.39. The summed E-state index contributed by atoms with van der Waals surface area (Å²) in [7, 11) is 0.0641. The molecule has 2 fully saturated rings. The van der Waals surface area contributed by atoms with Crippen LogP contribution in [-0.4, -0.2) is 11.3 Å². The fraction of sp³-hybridized carbons (Fsp3) is 0.696. The Labute approximate surface area is 182 Å². The maximum Gasteiger partial charge on any atom is 0 e. The largest absolute Gasteiger partial charge is 0.352 e. The summed E-state index contributed by atoms with van der Waals surface area (Å²) < 4.78 is 0. The van der Waals surface area contributed by atoms with Crippen molar-refractivity contribution < 1.29 is 20.4 Å². The Balaban J connectivity index is 0.00000109. The molecule has 0 bridgehead atoms. The minimum absolute atomic E-state index is 0. The summed E-state index contributed by atoms with van der Waals surface area (Å²) in [5.74, 6) is 0. The molecule has 0 unspecified atom stereocenters. The topological polar surface area (TPSA) is 0 Å². The van der Waals surface area contributed by atoms with Crippen molar-refractivity contribution in [1.82, 2.24) is 0 Å². The van der Waals surface area contributed by atoms with Gasteiger partial charge in [0.1, 0.15) is 0 Å². The Morgan fingerprint density at radius 1 is 0.769 bits per heavy atom. The standard InChI is InChI=1S/C22H35P.CH2Cl.Pd/c1-3-18-15-19(4-2)17-22(16-18)23(20-11-7-5-8-12-20)21-13-9-6-10-14-21;1-2;/h15-17,20-21H,3-14H2,1-2H3;1H2;/q;-1;. The van der Waals surface area contributed by atoms with E-state index in [9.17, 15) is 0 Å². The first kappa shape index (κ1) is 24.6. The molecule has 3 heteroatoms. The van der Waals surface area contributed by atoms with Gasteiger partial charge in [-0.25, -0.2) is 0 Å². The molecular formula is C23H37ClPPd-. The molecule has 152 valence electrons. The first-order valence-electron chi connectivity index (χ1n) is 10.5. The molecule has 26 heavy (non-hydrogen) atoms. The van der Waals surface area contributed by atoms with Crippen LogP contribution in [0.5, 0.6) is 0 Å². The van der Waals surface area contributed by atoms with Gasteiger partial charge in [0, 0.05) is 20.4 Å². The van der Waals surface area contributed by atoms with Crippen LogP contribution in [0.15, 0.2) is 18.2 Å². The number of hydrogen-bond donors (Lipinski definition) is 0. The summed E-state index contributed by atoms with van der Waals surface area (Å²) in [4.78, 5) is 0. The van der Waals surface area contributed by atoms with Gasteiger partial charge >= 0.3 is 0 Å². The maximum absolute atomic E-state index is 4.39. The molecule has 0 amide bonds. The average Bonchev–Trinajstić information content (AvgIpc) is 2.71. The molecule has 0 spiro atoms. The third-order valence-electron chi connectivity index (χ3n) is 6.09. The van der Waals surface area contributed by atoms with Crippen LogP contribution in [0.4, 0.5) is 0 Å². The molecule has 2 aliphatic carbocycles. The van der Waals surface area contributed by atoms with E-state index in [2.05, 4.69) is 50.0 Å². The number of halogens is 1. The van der Waals surface area contributed by atoms with Gasteiger partial charge in [0.15, 0.2) is 0 Å². The van der Waals surface area contributed by atoms with Gasteiger partial charge in [0.25, 0.3) is 0 Å². The van der Waals surface area contributed by atoms with E-state index in [1.165, 1.54) is 77.0 Å². The average molecular weight is 486 g/mol. The predicted octanol–water partition coefficient (Wildman–Crippen LogP) is 7.60. The van der Waals surface area contributed by atoms with Gasteiger partial charge in [-0.05, 0) is 66.3 Å². The van der Waals surface area contributed by atoms with E-state index in [0.717, 1.165) is 11.3 Å². The molecule has 1 aromatic rings. The maximum atomic E-state index is 4.39. The van der Waals surface area contributed by atoms with Crippen LogP contribution < -0.4 is 5.30 Å². The molecule has 0 N–H and O–H groups in total. The molecule has 2 saturated carbocycles. The third-order valence-corrected chi connectivity index (χ3v) is 9.55. The van der Waals surface area contributed by atoms with Gasteiger partial charge < -0.3 is 11.6 Å². The van der Waals surface area contributed by atoms with Crippen LogP contribution in [0.25, 0.3) is 0 Å². The van der Waals surface area contributed by atoms with Crippen molar-refractivity contribution in [3.63, 3.8) is 0 Å². The number of benzene rings is 1. The summed E-state index contributed by atoms with van der Waals surface area (Å²) in [6.07, 6.45) is 20.1. The Morgan fingerprint density at radius 3 is 1.50 bits per heavy atom. The van der Waals surface area contributed by atoms with Crippen LogP contribution >= 0.6 is 19.5 Å². The zero-order chi connectivity index (χ0) is 18.1. The first-order valence-corrected chi connectivity index (χ1v) is 12.5. The molecule has 0 saturated heterocycles. The van der Waals surface area contributed by atoms with Gasteiger partial charge in [-0.1, -0.05) is 78.5 Å². The molecule has 0 aliphatic heterocycles. The number of rotatable bonds is 5. The fourth-order valence-electron chi connectivity index (χ4n) is 4.74. The Hall–Kier alpha value is 0.602. The second-order valence-electron chi connectivity index (χ2n) is 7.71. The van der Waals surface area contributed by atoms with Gasteiger partial charge in [-0.2, -0.15) is 0 Å². The summed E-state index contributed by atoms with van der Waals surface area (Å²) in [6, 6.07) is 7.67. The summed E-state index contributed by atoms with van der Waals surface area (Å²) in [6.45, 7) is 4.64. The molecule has 1 aromatic carbocycles. The van der Waals surface area contributed by atoms with E-state index < -0.39 is 0 Å². The number of hydrogen-bond acceptors (Lipinski definition) is 0. The van der Waals surface area contributed by atoms with Crippen molar-refractivity contribution in [3.8, 4) is 0 Å². The Morgan fingerprint density at radius 2 is 1.15 bits per heavy atom. The zero-order valence-electron chi connectivity index (χ0n) is 16.7. The SMILES string of the molecule is CCc1cc(CC)cc(P(C2CCCCC2)C2CCCCC2)c1.[CH2-]Cl.[Pd]. The smallest absolute Gasteiger partial charge is 0 e. The van der Waals surface area contributed by atoms with Crippen LogP contribution in [0.2, 0.25) is 0 Å². The monoisotopic (exact) mass is 485 g/mol. The molecule has 0 radical (unpaired) electrons. The van der Waals surface area contributed by atoms with E-state index in [1.807, 2.05) is 0 Å². The van der Waals surface area contributed by atoms with Crippen molar-refractivity contribution in [1.29, 1.82) is 0 Å². The Bertz CT molecular complexity index is 453. The van der Waals surface area contributed by atoms with Gasteiger partial charge in [0.05, 0.1) is 0 Å². The van der Waals surface area contributed by atoms with Crippen molar-refractivity contribution in [2.75, 3.05) is 0 Å². The summed E-state index contributed by atoms with van der Waals surface area (Å²) in [5, 5.41) is 1.77. The minimum atomic E-state index is 0. The van der Waals surface area contributed by atoms with Crippen LogP contribution in [0, 0.1) is 6.38 Å². The predicted molar refractivity (Wildman–Crippen MR) is 117 cm³/mol. The van der Waals surface area contributed by atoms with Crippen LogP contribution in [-0.2, 0) is 33.3 Å². The summed E-state index contributed by atoms with van der Waals surface area (Å²) in [5.41, 5.74) is 5.22. The fourth-order valence-corrected chi connectivity index (χ4v) is 8.65. The quantitative estimate of drug-likeness (QED) is 0.228. The molecule has 0 heterocycles. The second-order valence-corrected chi connectivity index (χ2v) is 10.5. The van der Waals surface area contributed by atoms with Crippen molar-refractivity contribution in [2.24, 2.45) is 0 Å². The normalized spacial score (nSPS) is 18.8. The van der Waals surface area contributed by atoms with Gasteiger partial charge in [0.2, 0.25) is 0 Å². The van der Waals surface area contributed by atoms with Crippen molar-refractivity contribution in [3.05, 3.63) is 35.7 Å². The van der Waals surface area contributed by atoms with Crippen molar-refractivity contribution in [2.45, 2.75) is 102 Å². The Kier molecular flexibility index (Phi) is 13.0. The van der Waals surface area contributed by atoms with E-state index in [1.54, 1.807) is 16.4 Å². The molecule has 3 rings (SSSR count). The third kappa shape index (κ3) is 6.89. The molecule has 0 aromatic heterocycles. The van der Waals surface area contributed by atoms with E-state index in [-0.39, 0.29) is 28.3 Å². The number of aryl methyl sites for hydroxylation is 2. The first-order chi connectivity index (χ1) is 12.3.